The largest absolute Gasteiger partial charge is 0.329 e. The molecule has 14 heavy (non-hydrogen) atoms. The number of hydrogen-bond acceptors (Lipinski definition) is 5. The fraction of sp³-hybridized carbons (Fsp3) is 0.167. The van der Waals surface area contributed by atoms with Crippen molar-refractivity contribution >= 4 is 11.8 Å². The minimum absolute atomic E-state index is 0.0513. The molecule has 0 saturated heterocycles. The molecule has 8 heteroatoms. The minimum Gasteiger partial charge on any atom is -0.329 e. The predicted molar refractivity (Wildman–Crippen MR) is 46.5 cm³/mol. The van der Waals surface area contributed by atoms with E-state index in [1.54, 1.807) is 7.05 Å². The van der Waals surface area contributed by atoms with Crippen LogP contribution < -0.4 is 22.5 Å². The van der Waals surface area contributed by atoms with Crippen LogP contribution in [-0.2, 0) is 7.05 Å². The molecule has 0 aliphatic carbocycles. The van der Waals surface area contributed by atoms with Crippen LogP contribution in [0.15, 0.2) is 6.33 Å². The average Bonchev–Trinajstić information content (AvgIpc) is 2.58. The second kappa shape index (κ2) is 3.85. The smallest absolute Gasteiger partial charge is 0.286 e. The van der Waals surface area contributed by atoms with Gasteiger partial charge in [-0.1, -0.05) is 0 Å². The maximum atomic E-state index is 11.2. The molecule has 0 aliphatic rings. The number of carbonyl (C=O) groups is 2. The van der Waals surface area contributed by atoms with Crippen LogP contribution in [0.25, 0.3) is 0 Å². The molecule has 1 heterocycles. The van der Waals surface area contributed by atoms with Crippen molar-refractivity contribution in [2.75, 3.05) is 0 Å². The van der Waals surface area contributed by atoms with E-state index in [9.17, 15) is 9.59 Å². The molecule has 2 amide bonds. The summed E-state index contributed by atoms with van der Waals surface area (Å²) in [6, 6.07) is 0. The number of aryl methyl sites for hydroxylation is 1. The first-order chi connectivity index (χ1) is 6.61. The number of amides is 2. The second-order valence-corrected chi connectivity index (χ2v) is 2.50. The normalized spacial score (nSPS) is 9.64. The predicted octanol–water partition coefficient (Wildman–Crippen LogP) is -2.37. The molecule has 1 rings (SSSR count). The zero-order chi connectivity index (χ0) is 10.7. The Morgan fingerprint density at radius 3 is 2.43 bits per heavy atom. The summed E-state index contributed by atoms with van der Waals surface area (Å²) in [6.07, 6.45) is 1.31. The lowest BCUT2D eigenvalue weighted by Gasteiger charge is -2.02. The van der Waals surface area contributed by atoms with Gasteiger partial charge in [-0.3, -0.25) is 20.4 Å². The van der Waals surface area contributed by atoms with Gasteiger partial charge in [-0.25, -0.2) is 16.7 Å². The van der Waals surface area contributed by atoms with Gasteiger partial charge in [0.15, 0.2) is 5.69 Å². The maximum Gasteiger partial charge on any atom is 0.286 e. The molecule has 76 valence electrons. The van der Waals surface area contributed by atoms with Crippen molar-refractivity contribution in [3.05, 3.63) is 17.7 Å². The van der Waals surface area contributed by atoms with Gasteiger partial charge in [-0.15, -0.1) is 0 Å². The number of hydrazine groups is 2. The Labute approximate surface area is 79.2 Å². The third-order valence-electron chi connectivity index (χ3n) is 1.63. The van der Waals surface area contributed by atoms with Crippen LogP contribution in [0, 0.1) is 0 Å². The van der Waals surface area contributed by atoms with Gasteiger partial charge in [0.05, 0.1) is 6.33 Å². The minimum atomic E-state index is -0.649. The van der Waals surface area contributed by atoms with Crippen LogP contribution in [-0.4, -0.2) is 21.4 Å². The highest BCUT2D eigenvalue weighted by molar-refractivity contribution is 6.04. The topological polar surface area (TPSA) is 128 Å². The molecule has 0 unspecified atom stereocenters. The second-order valence-electron chi connectivity index (χ2n) is 2.50. The third-order valence-corrected chi connectivity index (χ3v) is 1.63. The van der Waals surface area contributed by atoms with Crippen molar-refractivity contribution in [1.29, 1.82) is 0 Å². The first kappa shape index (κ1) is 10.2. The van der Waals surface area contributed by atoms with Crippen LogP contribution in [0.3, 0.4) is 0 Å². The zero-order valence-electron chi connectivity index (χ0n) is 7.44. The van der Waals surface area contributed by atoms with E-state index in [-0.39, 0.29) is 11.4 Å². The van der Waals surface area contributed by atoms with Gasteiger partial charge in [0.1, 0.15) is 5.69 Å². The van der Waals surface area contributed by atoms with E-state index in [1.807, 2.05) is 10.9 Å². The number of nitrogens with one attached hydrogen (secondary N) is 2. The van der Waals surface area contributed by atoms with Gasteiger partial charge in [0.2, 0.25) is 0 Å². The summed E-state index contributed by atoms with van der Waals surface area (Å²) in [5, 5.41) is 0. The molecule has 0 fully saturated rings. The first-order valence-electron chi connectivity index (χ1n) is 3.65. The lowest BCUT2D eigenvalue weighted by molar-refractivity contribution is 0.0911. The SMILES string of the molecule is Cn1cnc(C(=O)NN)c1C(=O)NN. The highest BCUT2D eigenvalue weighted by Gasteiger charge is 2.20. The first-order valence-corrected chi connectivity index (χ1v) is 3.65. The van der Waals surface area contributed by atoms with Gasteiger partial charge >= 0.3 is 0 Å². The Morgan fingerprint density at radius 2 is 1.93 bits per heavy atom. The molecule has 1 aromatic heterocycles. The Balaban J connectivity index is 3.19. The van der Waals surface area contributed by atoms with E-state index in [2.05, 4.69) is 4.98 Å². The Hall–Kier alpha value is -1.93. The lowest BCUT2D eigenvalue weighted by atomic mass is 10.3. The number of hydrogen-bond donors (Lipinski definition) is 4. The number of carbonyl (C=O) groups excluding carboxylic acids is 2. The highest BCUT2D eigenvalue weighted by Crippen LogP contribution is 2.05. The monoisotopic (exact) mass is 198 g/mol. The van der Waals surface area contributed by atoms with Crippen molar-refractivity contribution in [3.63, 3.8) is 0 Å². The van der Waals surface area contributed by atoms with Gasteiger partial charge < -0.3 is 4.57 Å². The fourth-order valence-electron chi connectivity index (χ4n) is 1.00. The van der Waals surface area contributed by atoms with Crippen molar-refractivity contribution in [2.24, 2.45) is 18.7 Å². The average molecular weight is 198 g/mol. The molecule has 8 nitrogen and oxygen atoms in total. The molecule has 0 aliphatic heterocycles. The number of nitrogen functional groups attached to an aromatic ring is 2. The molecule has 0 saturated carbocycles. The van der Waals surface area contributed by atoms with Crippen molar-refractivity contribution in [1.82, 2.24) is 20.4 Å². The van der Waals surface area contributed by atoms with Gasteiger partial charge in [0.25, 0.3) is 11.8 Å². The number of nitrogens with zero attached hydrogens (tertiary/aromatic N) is 2. The van der Waals surface area contributed by atoms with E-state index in [0.717, 1.165) is 0 Å². The number of imidazole rings is 1. The van der Waals surface area contributed by atoms with E-state index in [0.29, 0.717) is 0 Å². The van der Waals surface area contributed by atoms with Crippen LogP contribution in [0.2, 0.25) is 0 Å². The maximum absolute atomic E-state index is 11.2. The summed E-state index contributed by atoms with van der Waals surface area (Å²) < 4.78 is 1.37. The molecule has 0 spiro atoms. The molecule has 0 atom stereocenters. The summed E-state index contributed by atoms with van der Waals surface area (Å²) >= 11 is 0. The van der Waals surface area contributed by atoms with Crippen LogP contribution in [0.4, 0.5) is 0 Å². The standard InChI is InChI=1S/C6H10N6O2/c1-12-2-9-3(5(13)10-7)4(12)6(14)11-8/h2H,7-8H2,1H3,(H,10,13)(H,11,14). The molecule has 0 aromatic carbocycles. The summed E-state index contributed by atoms with van der Waals surface area (Å²) in [4.78, 5) is 26.1. The quantitative estimate of drug-likeness (QED) is 0.240. The molecular formula is C6H10N6O2. The summed E-state index contributed by atoms with van der Waals surface area (Å²) in [7, 11) is 1.56. The summed E-state index contributed by atoms with van der Waals surface area (Å²) in [6.45, 7) is 0. The van der Waals surface area contributed by atoms with E-state index >= 15 is 0 Å². The Kier molecular flexibility index (Phi) is 2.79. The summed E-state index contributed by atoms with van der Waals surface area (Å²) in [5.41, 5.74) is 3.77. The van der Waals surface area contributed by atoms with Gasteiger partial charge in [0, 0.05) is 7.05 Å². The number of aromatic nitrogens is 2. The zero-order valence-corrected chi connectivity index (χ0v) is 7.44. The molecular weight excluding hydrogens is 188 g/mol. The van der Waals surface area contributed by atoms with E-state index < -0.39 is 11.8 Å². The molecule has 1 aromatic rings. The van der Waals surface area contributed by atoms with Gasteiger partial charge in [-0.2, -0.15) is 0 Å². The Morgan fingerprint density at radius 1 is 1.36 bits per heavy atom. The highest BCUT2D eigenvalue weighted by atomic mass is 16.2. The van der Waals surface area contributed by atoms with E-state index in [4.69, 9.17) is 11.7 Å². The van der Waals surface area contributed by atoms with Crippen molar-refractivity contribution in [3.8, 4) is 0 Å². The lowest BCUT2D eigenvalue weighted by Crippen LogP contribution is -2.36. The van der Waals surface area contributed by atoms with Crippen molar-refractivity contribution in [2.45, 2.75) is 0 Å². The van der Waals surface area contributed by atoms with Crippen LogP contribution in [0.1, 0.15) is 21.0 Å². The Bertz CT molecular complexity index is 370. The molecule has 6 N–H and O–H groups in total. The summed E-state index contributed by atoms with van der Waals surface area (Å²) in [5.74, 6) is 8.59. The third kappa shape index (κ3) is 1.56. The van der Waals surface area contributed by atoms with Gasteiger partial charge in [-0.05, 0) is 0 Å². The fourth-order valence-corrected chi connectivity index (χ4v) is 1.00. The number of rotatable bonds is 2. The molecule has 0 radical (unpaired) electrons. The van der Waals surface area contributed by atoms with Crippen LogP contribution in [0.5, 0.6) is 0 Å². The molecule has 0 bridgehead atoms. The number of nitrogens with two attached hydrogens (primary N) is 2. The van der Waals surface area contributed by atoms with Crippen LogP contribution >= 0.6 is 0 Å². The van der Waals surface area contributed by atoms with E-state index in [1.165, 1.54) is 10.9 Å². The van der Waals surface area contributed by atoms with Crippen molar-refractivity contribution < 1.29 is 9.59 Å².